The first kappa shape index (κ1) is 14.2. The molecule has 0 radical (unpaired) electrons. The lowest BCUT2D eigenvalue weighted by atomic mass is 10.1. The molecule has 0 saturated heterocycles. The second-order valence-electron chi connectivity index (χ2n) is 3.61. The normalized spacial score (nSPS) is 11.9. The van der Waals surface area contributed by atoms with E-state index in [9.17, 15) is 14.9 Å². The van der Waals surface area contributed by atoms with Crippen molar-refractivity contribution in [2.24, 2.45) is 5.92 Å². The second kappa shape index (κ2) is 6.15. The molecule has 8 heteroatoms. The zero-order valence-corrected chi connectivity index (χ0v) is 10.3. The van der Waals surface area contributed by atoms with E-state index < -0.39 is 16.8 Å². The number of hydrogen-bond acceptors (Lipinski definition) is 5. The van der Waals surface area contributed by atoms with Crippen molar-refractivity contribution < 1.29 is 14.8 Å². The lowest BCUT2D eigenvalue weighted by Crippen LogP contribution is -2.22. The molecule has 0 saturated carbocycles. The summed E-state index contributed by atoms with van der Waals surface area (Å²) in [5.74, 6) is -1.23. The van der Waals surface area contributed by atoms with E-state index in [-0.39, 0.29) is 23.1 Å². The van der Waals surface area contributed by atoms with Gasteiger partial charge < -0.3 is 10.4 Å². The molecule has 0 amide bonds. The number of nitro groups is 1. The van der Waals surface area contributed by atoms with Gasteiger partial charge in [-0.1, -0.05) is 18.5 Å². The lowest BCUT2D eigenvalue weighted by Gasteiger charge is -2.12. The summed E-state index contributed by atoms with van der Waals surface area (Å²) in [5, 5.41) is 22.2. The number of anilines is 1. The predicted molar refractivity (Wildman–Crippen MR) is 65.8 cm³/mol. The molecule has 0 spiro atoms. The van der Waals surface area contributed by atoms with E-state index in [0.29, 0.717) is 6.42 Å². The Morgan fingerprint density at radius 1 is 1.72 bits per heavy atom. The van der Waals surface area contributed by atoms with Crippen molar-refractivity contribution in [3.63, 3.8) is 0 Å². The van der Waals surface area contributed by atoms with Gasteiger partial charge in [0.05, 0.1) is 15.9 Å². The molecule has 2 N–H and O–H groups in total. The van der Waals surface area contributed by atoms with Crippen LogP contribution in [-0.4, -0.2) is 27.5 Å². The average Bonchev–Trinajstić information content (AvgIpc) is 2.30. The molecule has 1 unspecified atom stereocenters. The van der Waals surface area contributed by atoms with Crippen molar-refractivity contribution in [3.05, 3.63) is 27.4 Å². The SMILES string of the molecule is CCC(CNc1ncc([N+](=O)[O-])cc1Cl)C(=O)O. The monoisotopic (exact) mass is 273 g/mol. The third kappa shape index (κ3) is 3.56. The van der Waals surface area contributed by atoms with Crippen molar-refractivity contribution >= 4 is 29.1 Å². The number of carboxylic acid groups (broad SMARTS) is 1. The number of carboxylic acids is 1. The number of pyridine rings is 1. The highest BCUT2D eigenvalue weighted by Gasteiger charge is 2.16. The van der Waals surface area contributed by atoms with Crippen LogP contribution in [-0.2, 0) is 4.79 Å². The van der Waals surface area contributed by atoms with Crippen LogP contribution in [0.4, 0.5) is 11.5 Å². The molecule has 7 nitrogen and oxygen atoms in total. The maximum absolute atomic E-state index is 10.8. The highest BCUT2D eigenvalue weighted by atomic mass is 35.5. The summed E-state index contributed by atoms with van der Waals surface area (Å²) < 4.78 is 0. The largest absolute Gasteiger partial charge is 0.481 e. The number of halogens is 1. The van der Waals surface area contributed by atoms with Gasteiger partial charge in [-0.3, -0.25) is 14.9 Å². The number of nitrogens with one attached hydrogen (secondary N) is 1. The Labute approximate surface area is 108 Å². The topological polar surface area (TPSA) is 105 Å². The molecular formula is C10H12ClN3O4. The Kier molecular flexibility index (Phi) is 4.85. The smallest absolute Gasteiger partial charge is 0.308 e. The van der Waals surface area contributed by atoms with Gasteiger partial charge in [0.15, 0.2) is 0 Å². The number of aromatic nitrogens is 1. The summed E-state index contributed by atoms with van der Waals surface area (Å²) in [6.07, 6.45) is 1.53. The van der Waals surface area contributed by atoms with Gasteiger partial charge in [-0.05, 0) is 6.42 Å². The molecule has 0 aliphatic rings. The minimum atomic E-state index is -0.914. The van der Waals surface area contributed by atoms with Crippen molar-refractivity contribution in [1.82, 2.24) is 4.98 Å². The molecule has 0 bridgehead atoms. The quantitative estimate of drug-likeness (QED) is 0.608. The van der Waals surface area contributed by atoms with Crippen molar-refractivity contribution in [2.45, 2.75) is 13.3 Å². The van der Waals surface area contributed by atoms with E-state index in [1.54, 1.807) is 6.92 Å². The van der Waals surface area contributed by atoms with Crippen LogP contribution in [0.3, 0.4) is 0 Å². The van der Waals surface area contributed by atoms with Gasteiger partial charge in [0, 0.05) is 12.6 Å². The number of hydrogen-bond donors (Lipinski definition) is 2. The molecule has 98 valence electrons. The number of aliphatic carboxylic acids is 1. The summed E-state index contributed by atoms with van der Waals surface area (Å²) in [7, 11) is 0. The first-order valence-corrected chi connectivity index (χ1v) is 5.60. The Hall–Kier alpha value is -1.89. The summed E-state index contributed by atoms with van der Waals surface area (Å²) in [5.41, 5.74) is -0.212. The fraction of sp³-hybridized carbons (Fsp3) is 0.400. The Balaban J connectivity index is 2.74. The zero-order chi connectivity index (χ0) is 13.7. The molecule has 18 heavy (non-hydrogen) atoms. The molecule has 0 aromatic carbocycles. The van der Waals surface area contributed by atoms with Crippen LogP contribution in [0.5, 0.6) is 0 Å². The zero-order valence-electron chi connectivity index (χ0n) is 9.59. The molecule has 1 aromatic rings. The van der Waals surface area contributed by atoms with Crippen LogP contribution in [0.1, 0.15) is 13.3 Å². The molecule has 0 fully saturated rings. The van der Waals surface area contributed by atoms with Crippen LogP contribution in [0.25, 0.3) is 0 Å². The molecule has 0 aliphatic carbocycles. The van der Waals surface area contributed by atoms with E-state index in [1.165, 1.54) is 6.07 Å². The lowest BCUT2D eigenvalue weighted by molar-refractivity contribution is -0.385. The summed E-state index contributed by atoms with van der Waals surface area (Å²) in [6, 6.07) is 1.17. The first-order valence-electron chi connectivity index (χ1n) is 5.22. The third-order valence-corrected chi connectivity index (χ3v) is 2.68. The minimum Gasteiger partial charge on any atom is -0.481 e. The average molecular weight is 274 g/mol. The Morgan fingerprint density at radius 3 is 2.83 bits per heavy atom. The third-order valence-electron chi connectivity index (χ3n) is 2.40. The molecule has 1 heterocycles. The summed E-state index contributed by atoms with van der Waals surface area (Å²) in [6.45, 7) is 1.92. The van der Waals surface area contributed by atoms with Crippen LogP contribution >= 0.6 is 11.6 Å². The number of carbonyl (C=O) groups is 1. The summed E-state index contributed by atoms with van der Waals surface area (Å²) >= 11 is 5.80. The van der Waals surface area contributed by atoms with Gasteiger partial charge in [-0.2, -0.15) is 0 Å². The standard InChI is InChI=1S/C10H12ClN3O4/c1-2-6(10(15)16)4-12-9-8(11)3-7(5-13-9)14(17)18/h3,5-6H,2,4H2,1H3,(H,12,13)(H,15,16). The van der Waals surface area contributed by atoms with Crippen molar-refractivity contribution in [1.29, 1.82) is 0 Å². The summed E-state index contributed by atoms with van der Waals surface area (Å²) in [4.78, 5) is 24.5. The van der Waals surface area contributed by atoms with Gasteiger partial charge in [0.25, 0.3) is 5.69 Å². The van der Waals surface area contributed by atoms with Gasteiger partial charge in [-0.15, -0.1) is 0 Å². The van der Waals surface area contributed by atoms with E-state index >= 15 is 0 Å². The van der Waals surface area contributed by atoms with Crippen LogP contribution in [0, 0.1) is 16.0 Å². The predicted octanol–water partition coefficient (Wildman–Crippen LogP) is 2.17. The van der Waals surface area contributed by atoms with E-state index in [0.717, 1.165) is 6.20 Å². The Bertz CT molecular complexity index is 466. The maximum Gasteiger partial charge on any atom is 0.308 e. The maximum atomic E-state index is 10.8. The van der Waals surface area contributed by atoms with Gasteiger partial charge in [0.2, 0.25) is 0 Å². The molecule has 1 aromatic heterocycles. The van der Waals surface area contributed by atoms with E-state index in [4.69, 9.17) is 16.7 Å². The molecule has 1 atom stereocenters. The second-order valence-corrected chi connectivity index (χ2v) is 4.01. The minimum absolute atomic E-state index is 0.0874. The molecule has 1 rings (SSSR count). The van der Waals surface area contributed by atoms with Crippen LogP contribution < -0.4 is 5.32 Å². The molecular weight excluding hydrogens is 262 g/mol. The van der Waals surface area contributed by atoms with Gasteiger partial charge in [-0.25, -0.2) is 4.98 Å². The number of nitrogens with zero attached hydrogens (tertiary/aromatic N) is 2. The fourth-order valence-corrected chi connectivity index (χ4v) is 1.51. The highest BCUT2D eigenvalue weighted by molar-refractivity contribution is 6.33. The van der Waals surface area contributed by atoms with Gasteiger partial charge in [0.1, 0.15) is 12.0 Å². The van der Waals surface area contributed by atoms with Crippen LogP contribution in [0.2, 0.25) is 5.02 Å². The van der Waals surface area contributed by atoms with Crippen LogP contribution in [0.15, 0.2) is 12.3 Å². The van der Waals surface area contributed by atoms with E-state index in [2.05, 4.69) is 10.3 Å². The fourth-order valence-electron chi connectivity index (χ4n) is 1.28. The molecule has 0 aliphatic heterocycles. The Morgan fingerprint density at radius 2 is 2.39 bits per heavy atom. The van der Waals surface area contributed by atoms with Crippen molar-refractivity contribution in [3.8, 4) is 0 Å². The van der Waals surface area contributed by atoms with E-state index in [1.807, 2.05) is 0 Å². The highest BCUT2D eigenvalue weighted by Crippen LogP contribution is 2.24. The number of rotatable bonds is 6. The van der Waals surface area contributed by atoms with Gasteiger partial charge >= 0.3 is 5.97 Å². The van der Waals surface area contributed by atoms with Crippen molar-refractivity contribution in [2.75, 3.05) is 11.9 Å². The first-order chi connectivity index (χ1) is 8.45.